The zero-order valence-electron chi connectivity index (χ0n) is 11.8. The second-order valence-corrected chi connectivity index (χ2v) is 6.35. The van der Waals surface area contributed by atoms with Crippen molar-refractivity contribution >= 4 is 27.5 Å². The Bertz CT molecular complexity index is 663. The van der Waals surface area contributed by atoms with Crippen LogP contribution in [0.5, 0.6) is 5.75 Å². The van der Waals surface area contributed by atoms with Crippen molar-refractivity contribution in [3.63, 3.8) is 0 Å². The van der Waals surface area contributed by atoms with Gasteiger partial charge in [-0.05, 0) is 40.4 Å². The number of aryl methyl sites for hydroxylation is 1. The second kappa shape index (κ2) is 6.32. The van der Waals surface area contributed by atoms with Crippen LogP contribution in [0.1, 0.15) is 36.3 Å². The fourth-order valence-corrected chi connectivity index (χ4v) is 3.13. The molecule has 5 heteroatoms. The first-order valence-electron chi connectivity index (χ1n) is 7.11. The number of rotatable bonds is 3. The van der Waals surface area contributed by atoms with E-state index in [1.54, 1.807) is 0 Å². The SMILES string of the molecule is CCCc1nc(C2COc3ccccc3C2)nc(Cl)c1Br. The molecule has 0 amide bonds. The number of aromatic nitrogens is 2. The number of fused-ring (bicyclic) bond motifs is 1. The summed E-state index contributed by atoms with van der Waals surface area (Å²) >= 11 is 9.71. The minimum atomic E-state index is 0.154. The van der Waals surface area contributed by atoms with Gasteiger partial charge in [0.05, 0.1) is 22.7 Å². The summed E-state index contributed by atoms with van der Waals surface area (Å²) in [6, 6.07) is 8.12. The largest absolute Gasteiger partial charge is 0.493 e. The van der Waals surface area contributed by atoms with Gasteiger partial charge in [0.1, 0.15) is 16.7 Å². The molecule has 2 aromatic rings. The molecule has 3 nitrogen and oxygen atoms in total. The summed E-state index contributed by atoms with van der Waals surface area (Å²) in [5.74, 6) is 1.90. The number of halogens is 2. The molecule has 21 heavy (non-hydrogen) atoms. The van der Waals surface area contributed by atoms with Crippen LogP contribution in [0.25, 0.3) is 0 Å². The Morgan fingerprint density at radius 2 is 2.14 bits per heavy atom. The molecule has 3 rings (SSSR count). The van der Waals surface area contributed by atoms with Gasteiger partial charge >= 0.3 is 0 Å². The molecular formula is C16H16BrClN2O. The van der Waals surface area contributed by atoms with Crippen LogP contribution in [-0.4, -0.2) is 16.6 Å². The topological polar surface area (TPSA) is 35.0 Å². The lowest BCUT2D eigenvalue weighted by atomic mass is 9.96. The van der Waals surface area contributed by atoms with E-state index in [2.05, 4.69) is 33.9 Å². The minimum absolute atomic E-state index is 0.154. The van der Waals surface area contributed by atoms with Gasteiger partial charge < -0.3 is 4.74 Å². The quantitative estimate of drug-likeness (QED) is 0.746. The number of nitrogens with zero attached hydrogens (tertiary/aromatic N) is 2. The molecule has 0 fully saturated rings. The standard InChI is InChI=1S/C16H16BrClN2O/c1-2-5-12-14(17)15(18)20-16(19-12)11-8-10-6-3-4-7-13(10)21-9-11/h3-4,6-7,11H,2,5,8-9H2,1H3. The third-order valence-electron chi connectivity index (χ3n) is 3.63. The number of ether oxygens (including phenoxy) is 1. The highest BCUT2D eigenvalue weighted by molar-refractivity contribution is 9.10. The summed E-state index contributed by atoms with van der Waals surface area (Å²) in [6.45, 7) is 2.72. The summed E-state index contributed by atoms with van der Waals surface area (Å²) in [5.41, 5.74) is 2.18. The van der Waals surface area contributed by atoms with Gasteiger partial charge in [-0.1, -0.05) is 43.1 Å². The normalized spacial score (nSPS) is 17.2. The summed E-state index contributed by atoms with van der Waals surface area (Å²) in [4.78, 5) is 9.14. The monoisotopic (exact) mass is 366 g/mol. The number of para-hydroxylation sites is 1. The highest BCUT2D eigenvalue weighted by Gasteiger charge is 2.25. The van der Waals surface area contributed by atoms with E-state index in [0.29, 0.717) is 11.8 Å². The first kappa shape index (κ1) is 14.8. The van der Waals surface area contributed by atoms with E-state index in [4.69, 9.17) is 21.3 Å². The maximum atomic E-state index is 6.24. The van der Waals surface area contributed by atoms with Crippen LogP contribution in [0.2, 0.25) is 5.15 Å². The van der Waals surface area contributed by atoms with Crippen LogP contribution in [-0.2, 0) is 12.8 Å². The van der Waals surface area contributed by atoms with Crippen molar-refractivity contribution in [3.05, 3.63) is 51.0 Å². The predicted molar refractivity (Wildman–Crippen MR) is 87.1 cm³/mol. The average molecular weight is 368 g/mol. The molecule has 1 atom stereocenters. The Hall–Kier alpha value is -1.13. The van der Waals surface area contributed by atoms with Gasteiger partial charge in [0.2, 0.25) is 0 Å². The van der Waals surface area contributed by atoms with Crippen LogP contribution in [0.15, 0.2) is 28.7 Å². The molecule has 1 aliphatic heterocycles. The van der Waals surface area contributed by atoms with E-state index in [1.165, 1.54) is 5.56 Å². The summed E-state index contributed by atoms with van der Waals surface area (Å²) in [7, 11) is 0. The van der Waals surface area contributed by atoms with Crippen molar-refractivity contribution in [2.75, 3.05) is 6.61 Å². The summed E-state index contributed by atoms with van der Waals surface area (Å²) < 4.78 is 6.64. The molecule has 0 bridgehead atoms. The van der Waals surface area contributed by atoms with Gasteiger partial charge in [0, 0.05) is 0 Å². The lowest BCUT2D eigenvalue weighted by molar-refractivity contribution is 0.257. The van der Waals surface area contributed by atoms with Crippen molar-refractivity contribution in [3.8, 4) is 5.75 Å². The van der Waals surface area contributed by atoms with Crippen molar-refractivity contribution < 1.29 is 4.74 Å². The first-order chi connectivity index (χ1) is 10.2. The van der Waals surface area contributed by atoms with Crippen LogP contribution in [0, 0.1) is 0 Å². The summed E-state index contributed by atoms with van der Waals surface area (Å²) in [5, 5.41) is 0.488. The molecule has 0 saturated carbocycles. The molecule has 110 valence electrons. The van der Waals surface area contributed by atoms with E-state index in [-0.39, 0.29) is 5.92 Å². The minimum Gasteiger partial charge on any atom is -0.493 e. The van der Waals surface area contributed by atoms with Gasteiger partial charge in [0.25, 0.3) is 0 Å². The molecule has 0 N–H and O–H groups in total. The van der Waals surface area contributed by atoms with Gasteiger partial charge in [-0.25, -0.2) is 9.97 Å². The van der Waals surface area contributed by atoms with E-state index in [1.807, 2.05) is 18.2 Å². The van der Waals surface area contributed by atoms with E-state index >= 15 is 0 Å². The number of benzene rings is 1. The fourth-order valence-electron chi connectivity index (χ4n) is 2.56. The molecule has 0 radical (unpaired) electrons. The van der Waals surface area contributed by atoms with Gasteiger partial charge in [0.15, 0.2) is 0 Å². The highest BCUT2D eigenvalue weighted by Crippen LogP contribution is 2.33. The van der Waals surface area contributed by atoms with Crippen LogP contribution < -0.4 is 4.74 Å². The van der Waals surface area contributed by atoms with Crippen molar-refractivity contribution in [2.24, 2.45) is 0 Å². The third kappa shape index (κ3) is 3.06. The Kier molecular flexibility index (Phi) is 4.45. The molecule has 2 heterocycles. The molecule has 0 spiro atoms. The van der Waals surface area contributed by atoms with Crippen molar-refractivity contribution in [1.29, 1.82) is 0 Å². The third-order valence-corrected chi connectivity index (χ3v) is 4.96. The zero-order valence-corrected chi connectivity index (χ0v) is 14.1. The van der Waals surface area contributed by atoms with Crippen LogP contribution >= 0.6 is 27.5 Å². The van der Waals surface area contributed by atoms with E-state index in [0.717, 1.165) is 41.0 Å². The van der Waals surface area contributed by atoms with Gasteiger partial charge in [-0.15, -0.1) is 0 Å². The van der Waals surface area contributed by atoms with Crippen LogP contribution in [0.4, 0.5) is 0 Å². The molecule has 0 saturated heterocycles. The molecular weight excluding hydrogens is 352 g/mol. The lowest BCUT2D eigenvalue weighted by Crippen LogP contribution is -2.21. The Labute approximate surface area is 137 Å². The molecule has 1 aromatic heterocycles. The van der Waals surface area contributed by atoms with Crippen LogP contribution in [0.3, 0.4) is 0 Å². The molecule has 1 unspecified atom stereocenters. The van der Waals surface area contributed by atoms with Gasteiger partial charge in [-0.2, -0.15) is 0 Å². The molecule has 1 aliphatic rings. The fraction of sp³-hybridized carbons (Fsp3) is 0.375. The zero-order chi connectivity index (χ0) is 14.8. The van der Waals surface area contributed by atoms with E-state index in [9.17, 15) is 0 Å². The Morgan fingerprint density at radius 1 is 1.33 bits per heavy atom. The van der Waals surface area contributed by atoms with Crippen molar-refractivity contribution in [2.45, 2.75) is 32.1 Å². The number of hydrogen-bond acceptors (Lipinski definition) is 3. The van der Waals surface area contributed by atoms with Crippen molar-refractivity contribution in [1.82, 2.24) is 9.97 Å². The molecule has 1 aromatic carbocycles. The maximum absolute atomic E-state index is 6.24. The maximum Gasteiger partial charge on any atom is 0.147 e. The molecule has 0 aliphatic carbocycles. The lowest BCUT2D eigenvalue weighted by Gasteiger charge is -2.24. The second-order valence-electron chi connectivity index (χ2n) is 5.20. The van der Waals surface area contributed by atoms with Gasteiger partial charge in [-0.3, -0.25) is 0 Å². The smallest absolute Gasteiger partial charge is 0.147 e. The Morgan fingerprint density at radius 3 is 2.95 bits per heavy atom. The number of hydrogen-bond donors (Lipinski definition) is 0. The average Bonchev–Trinajstić information content (AvgIpc) is 2.51. The Balaban J connectivity index is 1.91. The van der Waals surface area contributed by atoms with E-state index < -0.39 is 0 Å². The first-order valence-corrected chi connectivity index (χ1v) is 8.28. The summed E-state index contributed by atoms with van der Waals surface area (Å²) in [6.07, 6.45) is 2.80. The predicted octanol–water partition coefficient (Wildman–Crippen LogP) is 4.56. The highest BCUT2D eigenvalue weighted by atomic mass is 79.9.